The third-order valence-corrected chi connectivity index (χ3v) is 5.75. The summed E-state index contributed by atoms with van der Waals surface area (Å²) in [5, 5.41) is 16.3. The fraction of sp³-hybridized carbons (Fsp3) is 0.160. The molecule has 0 aliphatic carbocycles. The van der Waals surface area contributed by atoms with Gasteiger partial charge in [-0.2, -0.15) is 0 Å². The van der Waals surface area contributed by atoms with Gasteiger partial charge in [0.25, 0.3) is 11.6 Å². The minimum absolute atomic E-state index is 0.0905. The van der Waals surface area contributed by atoms with Crippen LogP contribution in [0.4, 0.5) is 11.4 Å². The van der Waals surface area contributed by atoms with E-state index >= 15 is 0 Å². The molecule has 0 aliphatic rings. The fourth-order valence-corrected chi connectivity index (χ4v) is 3.59. The van der Waals surface area contributed by atoms with Crippen molar-refractivity contribution in [2.24, 2.45) is 0 Å². The predicted octanol–water partition coefficient (Wildman–Crippen LogP) is 6.04. The van der Waals surface area contributed by atoms with E-state index in [0.29, 0.717) is 17.5 Å². The number of non-ortho nitro benzene ring substituents is 1. The lowest BCUT2D eigenvalue weighted by Crippen LogP contribution is -2.34. The predicted molar refractivity (Wildman–Crippen MR) is 135 cm³/mol. The van der Waals surface area contributed by atoms with Gasteiger partial charge >= 0.3 is 0 Å². The largest absolute Gasteiger partial charge is 0.436 e. The number of nitrogens with one attached hydrogen (secondary N) is 2. The zero-order chi connectivity index (χ0) is 24.2. The lowest BCUT2D eigenvalue weighted by molar-refractivity contribution is -0.384. The molecule has 0 saturated carbocycles. The average Bonchev–Trinajstić information content (AvgIpc) is 3.27. The molecule has 0 unspecified atom stereocenters. The van der Waals surface area contributed by atoms with Crippen molar-refractivity contribution in [3.8, 4) is 11.5 Å². The number of aromatic nitrogens is 1. The fourth-order valence-electron chi connectivity index (χ4n) is 3.38. The summed E-state index contributed by atoms with van der Waals surface area (Å²) >= 11 is 5.21. The van der Waals surface area contributed by atoms with Crippen LogP contribution in [0, 0.1) is 10.1 Å². The Morgan fingerprint density at radius 2 is 1.82 bits per heavy atom. The molecule has 0 fully saturated rings. The molecule has 0 saturated heterocycles. The minimum atomic E-state index is -0.525. The second-order valence-corrected chi connectivity index (χ2v) is 8.25. The highest BCUT2D eigenvalue weighted by atomic mass is 32.1. The van der Waals surface area contributed by atoms with Gasteiger partial charge in [-0.05, 0) is 78.7 Å². The van der Waals surface area contributed by atoms with Gasteiger partial charge in [0.2, 0.25) is 5.89 Å². The van der Waals surface area contributed by atoms with Crippen LogP contribution in [0.5, 0.6) is 0 Å². The molecule has 0 aliphatic heterocycles. The molecule has 9 heteroatoms. The van der Waals surface area contributed by atoms with E-state index in [1.807, 2.05) is 18.2 Å². The van der Waals surface area contributed by atoms with Gasteiger partial charge in [-0.25, -0.2) is 4.98 Å². The first kappa shape index (κ1) is 23.1. The molecule has 1 heterocycles. The first-order valence-corrected chi connectivity index (χ1v) is 11.1. The van der Waals surface area contributed by atoms with Crippen LogP contribution >= 0.6 is 12.2 Å². The summed E-state index contributed by atoms with van der Waals surface area (Å²) < 4.78 is 5.91. The van der Waals surface area contributed by atoms with Gasteiger partial charge in [-0.1, -0.05) is 19.9 Å². The van der Waals surface area contributed by atoms with Gasteiger partial charge in [0.05, 0.1) is 4.92 Å². The van der Waals surface area contributed by atoms with Crippen LogP contribution < -0.4 is 10.6 Å². The molecule has 1 amide bonds. The first-order valence-electron chi connectivity index (χ1n) is 10.7. The molecular weight excluding hydrogens is 452 g/mol. The van der Waals surface area contributed by atoms with E-state index < -0.39 is 10.8 Å². The zero-order valence-electron chi connectivity index (χ0n) is 18.6. The summed E-state index contributed by atoms with van der Waals surface area (Å²) in [5.74, 6) is 0.517. The third-order valence-electron chi connectivity index (χ3n) is 5.55. The number of nitro benzene ring substituents is 1. The Morgan fingerprint density at radius 1 is 1.12 bits per heavy atom. The number of carbonyl (C=O) groups is 1. The number of oxazole rings is 1. The Hall–Kier alpha value is -4.11. The second kappa shape index (κ2) is 9.80. The van der Waals surface area contributed by atoms with Gasteiger partial charge in [-0.3, -0.25) is 20.2 Å². The van der Waals surface area contributed by atoms with Crippen LogP contribution in [0.15, 0.2) is 71.1 Å². The molecule has 172 valence electrons. The average molecular weight is 475 g/mol. The highest BCUT2D eigenvalue weighted by Crippen LogP contribution is 2.28. The van der Waals surface area contributed by atoms with Crippen molar-refractivity contribution in [1.29, 1.82) is 0 Å². The topological polar surface area (TPSA) is 110 Å². The van der Waals surface area contributed by atoms with E-state index in [-0.39, 0.29) is 16.4 Å². The van der Waals surface area contributed by atoms with Crippen molar-refractivity contribution in [1.82, 2.24) is 10.3 Å². The smallest absolute Gasteiger partial charge is 0.269 e. The number of carbonyl (C=O) groups excluding carboxylic acids is 1. The van der Waals surface area contributed by atoms with Crippen molar-refractivity contribution < 1.29 is 14.1 Å². The van der Waals surface area contributed by atoms with E-state index in [2.05, 4.69) is 41.6 Å². The SMILES string of the molecule is CC[C@H](C)c1ccc2oc(-c3ccc(NC(=S)NC(=O)c4ccc([N+](=O)[O-])cc4)cc3)nc2c1. The number of fused-ring (bicyclic) bond motifs is 1. The highest BCUT2D eigenvalue weighted by molar-refractivity contribution is 7.80. The molecule has 34 heavy (non-hydrogen) atoms. The van der Waals surface area contributed by atoms with Crippen LogP contribution in [-0.2, 0) is 0 Å². The third kappa shape index (κ3) is 5.10. The molecule has 0 spiro atoms. The molecule has 0 bridgehead atoms. The molecule has 3 aromatic carbocycles. The molecular formula is C25H22N4O4S. The minimum Gasteiger partial charge on any atom is -0.436 e. The van der Waals surface area contributed by atoms with Gasteiger partial charge in [0.1, 0.15) is 5.52 Å². The number of rotatable bonds is 6. The number of amides is 1. The Morgan fingerprint density at radius 3 is 2.47 bits per heavy atom. The van der Waals surface area contributed by atoms with Gasteiger partial charge in [0, 0.05) is 28.9 Å². The first-order chi connectivity index (χ1) is 16.3. The number of nitrogens with zero attached hydrogens (tertiary/aromatic N) is 2. The maximum absolute atomic E-state index is 12.3. The van der Waals surface area contributed by atoms with E-state index in [4.69, 9.17) is 16.6 Å². The molecule has 4 rings (SSSR count). The number of hydrogen-bond acceptors (Lipinski definition) is 6. The molecule has 0 radical (unpaired) electrons. The van der Waals surface area contributed by atoms with Crippen LogP contribution in [-0.4, -0.2) is 20.9 Å². The van der Waals surface area contributed by atoms with E-state index in [1.165, 1.54) is 29.8 Å². The van der Waals surface area contributed by atoms with E-state index in [1.54, 1.807) is 12.1 Å². The molecule has 1 aromatic heterocycles. The quantitative estimate of drug-likeness (QED) is 0.199. The number of nitro groups is 1. The summed E-state index contributed by atoms with van der Waals surface area (Å²) in [6.45, 7) is 4.35. The molecule has 2 N–H and O–H groups in total. The van der Waals surface area contributed by atoms with Crippen molar-refractivity contribution in [3.05, 3.63) is 88.0 Å². The van der Waals surface area contributed by atoms with Crippen LogP contribution in [0.1, 0.15) is 42.1 Å². The standard InChI is InChI=1S/C25H22N4O4S/c1-3-15(2)18-8-13-22-21(14-18)27-24(33-22)17-4-9-19(10-5-17)26-25(34)28-23(30)16-6-11-20(12-7-16)29(31)32/h4-15H,3H2,1-2H3,(H2,26,28,30,34)/t15-/m0/s1. The van der Waals surface area contributed by atoms with Crippen molar-refractivity contribution in [3.63, 3.8) is 0 Å². The van der Waals surface area contributed by atoms with E-state index in [0.717, 1.165) is 23.1 Å². The lowest BCUT2D eigenvalue weighted by atomic mass is 9.98. The number of anilines is 1. The summed E-state index contributed by atoms with van der Waals surface area (Å²) in [6.07, 6.45) is 1.06. The maximum atomic E-state index is 12.3. The van der Waals surface area contributed by atoms with Gasteiger partial charge in [0.15, 0.2) is 10.7 Å². The van der Waals surface area contributed by atoms with E-state index in [9.17, 15) is 14.9 Å². The number of benzene rings is 3. The van der Waals surface area contributed by atoms with Crippen molar-refractivity contribution >= 4 is 45.7 Å². The molecule has 1 atom stereocenters. The van der Waals surface area contributed by atoms with Gasteiger partial charge in [-0.15, -0.1) is 0 Å². The normalized spacial score (nSPS) is 11.7. The maximum Gasteiger partial charge on any atom is 0.269 e. The Kier molecular flexibility index (Phi) is 6.65. The molecule has 4 aromatic rings. The van der Waals surface area contributed by atoms with Crippen LogP contribution in [0.3, 0.4) is 0 Å². The Labute approximate surface area is 201 Å². The second-order valence-electron chi connectivity index (χ2n) is 7.85. The van der Waals surface area contributed by atoms with Crippen molar-refractivity contribution in [2.75, 3.05) is 5.32 Å². The molecule has 8 nitrogen and oxygen atoms in total. The Balaban J connectivity index is 1.40. The van der Waals surface area contributed by atoms with Crippen LogP contribution in [0.2, 0.25) is 0 Å². The summed E-state index contributed by atoms with van der Waals surface area (Å²) in [6, 6.07) is 18.7. The summed E-state index contributed by atoms with van der Waals surface area (Å²) in [4.78, 5) is 27.1. The lowest BCUT2D eigenvalue weighted by Gasteiger charge is -2.10. The number of hydrogen-bond donors (Lipinski definition) is 2. The van der Waals surface area contributed by atoms with Gasteiger partial charge < -0.3 is 9.73 Å². The summed E-state index contributed by atoms with van der Waals surface area (Å²) in [7, 11) is 0. The monoisotopic (exact) mass is 474 g/mol. The zero-order valence-corrected chi connectivity index (χ0v) is 19.4. The Bertz CT molecular complexity index is 1360. The van der Waals surface area contributed by atoms with Crippen molar-refractivity contribution in [2.45, 2.75) is 26.2 Å². The summed E-state index contributed by atoms with van der Waals surface area (Å²) in [5.41, 5.74) is 4.45. The number of thiocarbonyl (C=S) groups is 1. The van der Waals surface area contributed by atoms with Crippen LogP contribution in [0.25, 0.3) is 22.6 Å². The highest BCUT2D eigenvalue weighted by Gasteiger charge is 2.13.